The Hall–Kier alpha value is -2.68. The van der Waals surface area contributed by atoms with Gasteiger partial charge in [-0.3, -0.25) is 4.98 Å². The molecule has 0 atom stereocenters. The molecule has 0 bridgehead atoms. The predicted molar refractivity (Wildman–Crippen MR) is 101 cm³/mol. The minimum Gasteiger partial charge on any atom is -0.439 e. The molecular formula is C22H24N2O. The number of aromatic nitrogens is 2. The van der Waals surface area contributed by atoms with Crippen LogP contribution in [0.2, 0.25) is 0 Å². The molecule has 2 aromatic heterocycles. The first-order valence-corrected chi connectivity index (χ1v) is 8.63. The van der Waals surface area contributed by atoms with Gasteiger partial charge in [0.15, 0.2) is 0 Å². The average molecular weight is 332 g/mol. The topological polar surface area (TPSA) is 35.0 Å². The van der Waals surface area contributed by atoms with Crippen LogP contribution in [-0.2, 0) is 18.3 Å². The van der Waals surface area contributed by atoms with Crippen LogP contribution in [0.3, 0.4) is 0 Å². The zero-order valence-corrected chi connectivity index (χ0v) is 15.1. The highest BCUT2D eigenvalue weighted by molar-refractivity contribution is 5.33. The maximum Gasteiger partial charge on any atom is 0.219 e. The lowest BCUT2D eigenvalue weighted by Crippen LogP contribution is -2.10. The second kappa shape index (κ2) is 7.47. The van der Waals surface area contributed by atoms with Gasteiger partial charge in [0, 0.05) is 24.7 Å². The summed E-state index contributed by atoms with van der Waals surface area (Å²) < 4.78 is 5.84. The normalized spacial score (nSPS) is 11.3. The maximum atomic E-state index is 5.84. The van der Waals surface area contributed by atoms with Crippen molar-refractivity contribution in [2.45, 2.75) is 39.0 Å². The van der Waals surface area contributed by atoms with Gasteiger partial charge < -0.3 is 4.74 Å². The first kappa shape index (κ1) is 17.2. The number of benzene rings is 1. The van der Waals surface area contributed by atoms with E-state index in [1.54, 1.807) is 0 Å². The Kier molecular flexibility index (Phi) is 5.13. The summed E-state index contributed by atoms with van der Waals surface area (Å²) in [6, 6.07) is 16.3. The number of aryl methyl sites for hydroxylation is 2. The summed E-state index contributed by atoms with van der Waals surface area (Å²) in [5.41, 5.74) is 3.92. The molecule has 0 fully saturated rings. The summed E-state index contributed by atoms with van der Waals surface area (Å²) >= 11 is 0. The SMILES string of the molecule is CC(C)(C)c1ccc(Oc2ccc(CCc3ccncc3)cn2)cc1. The molecule has 3 aromatic rings. The molecule has 0 spiro atoms. The van der Waals surface area contributed by atoms with E-state index in [1.807, 2.05) is 48.9 Å². The molecular weight excluding hydrogens is 308 g/mol. The van der Waals surface area contributed by atoms with Crippen molar-refractivity contribution in [1.29, 1.82) is 0 Å². The summed E-state index contributed by atoms with van der Waals surface area (Å²) in [7, 11) is 0. The van der Waals surface area contributed by atoms with Crippen molar-refractivity contribution in [3.05, 3.63) is 83.8 Å². The van der Waals surface area contributed by atoms with Crippen LogP contribution in [0.25, 0.3) is 0 Å². The van der Waals surface area contributed by atoms with Crippen LogP contribution in [0.4, 0.5) is 0 Å². The average Bonchev–Trinajstić information content (AvgIpc) is 2.62. The summed E-state index contributed by atoms with van der Waals surface area (Å²) in [6.45, 7) is 6.61. The van der Waals surface area contributed by atoms with Crippen molar-refractivity contribution in [2.75, 3.05) is 0 Å². The third-order valence-corrected chi connectivity index (χ3v) is 4.19. The molecule has 0 N–H and O–H groups in total. The quantitative estimate of drug-likeness (QED) is 0.631. The number of nitrogens with zero attached hydrogens (tertiary/aromatic N) is 2. The summed E-state index contributed by atoms with van der Waals surface area (Å²) in [6.07, 6.45) is 7.49. The van der Waals surface area contributed by atoms with Gasteiger partial charge >= 0.3 is 0 Å². The predicted octanol–water partition coefficient (Wildman–Crippen LogP) is 5.35. The van der Waals surface area contributed by atoms with Gasteiger partial charge in [0.2, 0.25) is 5.88 Å². The molecule has 25 heavy (non-hydrogen) atoms. The second-order valence-corrected chi connectivity index (χ2v) is 7.24. The third-order valence-electron chi connectivity index (χ3n) is 4.19. The number of hydrogen-bond donors (Lipinski definition) is 0. The number of rotatable bonds is 5. The first-order chi connectivity index (χ1) is 12.0. The largest absolute Gasteiger partial charge is 0.439 e. The molecule has 128 valence electrons. The van der Waals surface area contributed by atoms with Gasteiger partial charge in [-0.1, -0.05) is 39.0 Å². The molecule has 1 aromatic carbocycles. The van der Waals surface area contributed by atoms with E-state index in [2.05, 4.69) is 48.9 Å². The minimum absolute atomic E-state index is 0.146. The van der Waals surface area contributed by atoms with Crippen LogP contribution in [-0.4, -0.2) is 9.97 Å². The zero-order chi connectivity index (χ0) is 17.7. The van der Waals surface area contributed by atoms with Crippen LogP contribution < -0.4 is 4.74 Å². The zero-order valence-electron chi connectivity index (χ0n) is 15.1. The highest BCUT2D eigenvalue weighted by Gasteiger charge is 2.13. The number of ether oxygens (including phenoxy) is 1. The Balaban J connectivity index is 1.59. The van der Waals surface area contributed by atoms with Gasteiger partial charge in [0.1, 0.15) is 5.75 Å². The Morgan fingerprint density at radius 1 is 0.800 bits per heavy atom. The molecule has 3 nitrogen and oxygen atoms in total. The van der Waals surface area contributed by atoms with Crippen molar-refractivity contribution >= 4 is 0 Å². The smallest absolute Gasteiger partial charge is 0.219 e. The van der Waals surface area contributed by atoms with Crippen LogP contribution in [0.5, 0.6) is 11.6 Å². The molecule has 0 saturated carbocycles. The van der Waals surface area contributed by atoms with E-state index in [4.69, 9.17) is 4.74 Å². The standard InChI is InChI=1S/C22H24N2O/c1-22(2,3)19-7-9-20(10-8-19)25-21-11-6-18(16-24-21)5-4-17-12-14-23-15-13-17/h6-16H,4-5H2,1-3H3. The van der Waals surface area contributed by atoms with Crippen LogP contribution in [0.1, 0.15) is 37.5 Å². The van der Waals surface area contributed by atoms with Gasteiger partial charge in [0.05, 0.1) is 0 Å². The Morgan fingerprint density at radius 2 is 1.48 bits per heavy atom. The third kappa shape index (κ3) is 4.90. The summed E-state index contributed by atoms with van der Waals surface area (Å²) in [4.78, 5) is 8.46. The van der Waals surface area contributed by atoms with Gasteiger partial charge in [-0.25, -0.2) is 4.98 Å². The molecule has 3 heteroatoms. The monoisotopic (exact) mass is 332 g/mol. The summed E-state index contributed by atoms with van der Waals surface area (Å²) in [5, 5.41) is 0. The van der Waals surface area contributed by atoms with Gasteiger partial charge in [-0.05, 0) is 59.2 Å². The second-order valence-electron chi connectivity index (χ2n) is 7.24. The van der Waals surface area contributed by atoms with E-state index in [-0.39, 0.29) is 5.41 Å². The van der Waals surface area contributed by atoms with Gasteiger partial charge in [-0.2, -0.15) is 0 Å². The van der Waals surface area contributed by atoms with Crippen molar-refractivity contribution in [1.82, 2.24) is 9.97 Å². The van der Waals surface area contributed by atoms with Crippen molar-refractivity contribution in [2.24, 2.45) is 0 Å². The molecule has 0 amide bonds. The Bertz CT molecular complexity index is 788. The summed E-state index contributed by atoms with van der Waals surface area (Å²) in [5.74, 6) is 1.43. The molecule has 2 heterocycles. The maximum absolute atomic E-state index is 5.84. The molecule has 3 rings (SSSR count). The van der Waals surface area contributed by atoms with E-state index in [9.17, 15) is 0 Å². The highest BCUT2D eigenvalue weighted by atomic mass is 16.5. The lowest BCUT2D eigenvalue weighted by Gasteiger charge is -2.19. The minimum atomic E-state index is 0.146. The van der Waals surface area contributed by atoms with Crippen molar-refractivity contribution in [3.8, 4) is 11.6 Å². The Labute approximate surface area is 149 Å². The number of pyridine rings is 2. The highest BCUT2D eigenvalue weighted by Crippen LogP contribution is 2.26. The Morgan fingerprint density at radius 3 is 2.08 bits per heavy atom. The number of hydrogen-bond acceptors (Lipinski definition) is 3. The fourth-order valence-electron chi connectivity index (χ4n) is 2.60. The van der Waals surface area contributed by atoms with E-state index in [1.165, 1.54) is 16.7 Å². The lowest BCUT2D eigenvalue weighted by molar-refractivity contribution is 0.461. The first-order valence-electron chi connectivity index (χ1n) is 8.63. The molecule has 0 radical (unpaired) electrons. The van der Waals surface area contributed by atoms with E-state index in [0.29, 0.717) is 5.88 Å². The molecule has 0 aliphatic rings. The molecule has 0 aliphatic heterocycles. The fourth-order valence-corrected chi connectivity index (χ4v) is 2.60. The van der Waals surface area contributed by atoms with Gasteiger partial charge in [-0.15, -0.1) is 0 Å². The van der Waals surface area contributed by atoms with Crippen LogP contribution in [0.15, 0.2) is 67.1 Å². The fraction of sp³-hybridized carbons (Fsp3) is 0.273. The van der Waals surface area contributed by atoms with Crippen LogP contribution >= 0.6 is 0 Å². The van der Waals surface area contributed by atoms with Crippen LogP contribution in [0, 0.1) is 0 Å². The molecule has 0 aliphatic carbocycles. The van der Waals surface area contributed by atoms with Gasteiger partial charge in [0.25, 0.3) is 0 Å². The van der Waals surface area contributed by atoms with Crippen molar-refractivity contribution in [3.63, 3.8) is 0 Å². The molecule has 0 saturated heterocycles. The van der Waals surface area contributed by atoms with Crippen molar-refractivity contribution < 1.29 is 4.74 Å². The van der Waals surface area contributed by atoms with E-state index < -0.39 is 0 Å². The lowest BCUT2D eigenvalue weighted by atomic mass is 9.87. The van der Waals surface area contributed by atoms with E-state index in [0.717, 1.165) is 18.6 Å². The van der Waals surface area contributed by atoms with E-state index >= 15 is 0 Å². The molecule has 0 unspecified atom stereocenters.